The standard InChI is InChI=1S/C15H18O2/c1-15(9-8-12(16)10-15)11-2-4-13(5-3-11)17-14-6-7-14/h2-5,14H,6-10H2,1H3. The first-order chi connectivity index (χ1) is 8.16. The summed E-state index contributed by atoms with van der Waals surface area (Å²) in [6, 6.07) is 8.33. The van der Waals surface area contributed by atoms with Crippen LogP contribution in [-0.2, 0) is 10.2 Å². The van der Waals surface area contributed by atoms with Crippen molar-refractivity contribution in [3.05, 3.63) is 29.8 Å². The number of ether oxygens (including phenoxy) is 1. The molecule has 90 valence electrons. The summed E-state index contributed by atoms with van der Waals surface area (Å²) in [7, 11) is 0. The van der Waals surface area contributed by atoms with E-state index in [1.165, 1.54) is 18.4 Å². The van der Waals surface area contributed by atoms with Gasteiger partial charge in [0, 0.05) is 12.8 Å². The van der Waals surface area contributed by atoms with E-state index in [1.54, 1.807) is 0 Å². The van der Waals surface area contributed by atoms with Crippen LogP contribution in [0.15, 0.2) is 24.3 Å². The van der Waals surface area contributed by atoms with Crippen LogP contribution in [-0.4, -0.2) is 11.9 Å². The van der Waals surface area contributed by atoms with Gasteiger partial charge in [0.2, 0.25) is 0 Å². The highest BCUT2D eigenvalue weighted by Gasteiger charge is 2.35. The molecule has 2 saturated carbocycles. The van der Waals surface area contributed by atoms with Gasteiger partial charge >= 0.3 is 0 Å². The van der Waals surface area contributed by atoms with Gasteiger partial charge in [0.15, 0.2) is 0 Å². The van der Waals surface area contributed by atoms with Crippen molar-refractivity contribution in [2.24, 2.45) is 0 Å². The topological polar surface area (TPSA) is 26.3 Å². The number of hydrogen-bond donors (Lipinski definition) is 0. The summed E-state index contributed by atoms with van der Waals surface area (Å²) in [6.45, 7) is 2.19. The SMILES string of the molecule is CC1(c2ccc(OC3CC3)cc2)CCC(=O)C1. The Morgan fingerprint density at radius 2 is 1.94 bits per heavy atom. The average molecular weight is 230 g/mol. The lowest BCUT2D eigenvalue weighted by atomic mass is 9.81. The van der Waals surface area contributed by atoms with Crippen molar-refractivity contribution in [2.45, 2.75) is 50.5 Å². The number of ketones is 1. The van der Waals surface area contributed by atoms with Gasteiger partial charge in [-0.2, -0.15) is 0 Å². The molecule has 0 heterocycles. The summed E-state index contributed by atoms with van der Waals surface area (Å²) in [5, 5.41) is 0. The van der Waals surface area contributed by atoms with E-state index in [0.29, 0.717) is 18.3 Å². The third kappa shape index (κ3) is 2.21. The maximum absolute atomic E-state index is 11.4. The second-order valence-corrected chi connectivity index (χ2v) is 5.62. The van der Waals surface area contributed by atoms with Gasteiger partial charge in [-0.1, -0.05) is 19.1 Å². The Balaban J connectivity index is 1.76. The second kappa shape index (κ2) is 3.86. The monoisotopic (exact) mass is 230 g/mol. The molecule has 0 radical (unpaired) electrons. The largest absolute Gasteiger partial charge is 0.490 e. The van der Waals surface area contributed by atoms with Gasteiger partial charge in [-0.15, -0.1) is 0 Å². The van der Waals surface area contributed by atoms with E-state index in [4.69, 9.17) is 4.74 Å². The van der Waals surface area contributed by atoms with E-state index >= 15 is 0 Å². The van der Waals surface area contributed by atoms with E-state index in [2.05, 4.69) is 19.1 Å². The van der Waals surface area contributed by atoms with E-state index in [1.807, 2.05) is 12.1 Å². The van der Waals surface area contributed by atoms with Gasteiger partial charge in [-0.05, 0) is 42.4 Å². The van der Waals surface area contributed by atoms with Crippen LogP contribution in [0.25, 0.3) is 0 Å². The molecule has 17 heavy (non-hydrogen) atoms. The predicted molar refractivity (Wildman–Crippen MR) is 66.3 cm³/mol. The highest BCUT2D eigenvalue weighted by atomic mass is 16.5. The Labute approximate surface area is 102 Å². The quantitative estimate of drug-likeness (QED) is 0.796. The molecule has 2 fully saturated rings. The van der Waals surface area contributed by atoms with Crippen molar-refractivity contribution in [1.29, 1.82) is 0 Å². The zero-order valence-corrected chi connectivity index (χ0v) is 10.2. The molecule has 0 N–H and O–H groups in total. The summed E-state index contributed by atoms with van der Waals surface area (Å²) >= 11 is 0. The Bertz CT molecular complexity index is 431. The number of Topliss-reactive ketones (excluding diaryl/α,β-unsaturated/α-hetero) is 1. The minimum atomic E-state index is 0.0508. The fraction of sp³-hybridized carbons (Fsp3) is 0.533. The lowest BCUT2D eigenvalue weighted by Crippen LogP contribution is -2.17. The number of benzene rings is 1. The van der Waals surface area contributed by atoms with Gasteiger partial charge in [0.05, 0.1) is 6.10 Å². The van der Waals surface area contributed by atoms with Gasteiger partial charge < -0.3 is 4.74 Å². The number of carbonyl (C=O) groups excluding carboxylic acids is 1. The van der Waals surface area contributed by atoms with Crippen molar-refractivity contribution in [3.8, 4) is 5.75 Å². The first kappa shape index (κ1) is 10.8. The van der Waals surface area contributed by atoms with Crippen molar-refractivity contribution in [1.82, 2.24) is 0 Å². The third-order valence-corrected chi connectivity index (χ3v) is 3.92. The molecule has 0 amide bonds. The van der Waals surface area contributed by atoms with E-state index in [9.17, 15) is 4.79 Å². The zero-order valence-electron chi connectivity index (χ0n) is 10.2. The van der Waals surface area contributed by atoms with Gasteiger partial charge in [-0.3, -0.25) is 4.79 Å². The molecule has 3 rings (SSSR count). The molecular formula is C15H18O2. The third-order valence-electron chi connectivity index (χ3n) is 3.92. The maximum atomic E-state index is 11.4. The molecule has 1 unspecified atom stereocenters. The molecule has 0 bridgehead atoms. The fourth-order valence-electron chi connectivity index (χ4n) is 2.59. The molecule has 0 aromatic heterocycles. The van der Waals surface area contributed by atoms with Crippen LogP contribution in [0.3, 0.4) is 0 Å². The Morgan fingerprint density at radius 3 is 2.47 bits per heavy atom. The van der Waals surface area contributed by atoms with Crippen molar-refractivity contribution < 1.29 is 9.53 Å². The van der Waals surface area contributed by atoms with Gasteiger partial charge in [0.25, 0.3) is 0 Å². The van der Waals surface area contributed by atoms with Crippen LogP contribution < -0.4 is 4.74 Å². The number of rotatable bonds is 3. The summed E-state index contributed by atoms with van der Waals surface area (Å²) in [4.78, 5) is 11.4. The van der Waals surface area contributed by atoms with E-state index in [0.717, 1.165) is 18.6 Å². The molecule has 2 aliphatic carbocycles. The zero-order chi connectivity index (χ0) is 11.9. The van der Waals surface area contributed by atoms with Crippen LogP contribution in [0.5, 0.6) is 5.75 Å². The Kier molecular flexibility index (Phi) is 2.46. The Morgan fingerprint density at radius 1 is 1.24 bits per heavy atom. The van der Waals surface area contributed by atoms with Gasteiger partial charge in [-0.25, -0.2) is 0 Å². The summed E-state index contributed by atoms with van der Waals surface area (Å²) in [6.07, 6.45) is 5.23. The van der Waals surface area contributed by atoms with Gasteiger partial charge in [0.1, 0.15) is 11.5 Å². The predicted octanol–water partition coefficient (Wildman–Crippen LogP) is 3.24. The molecule has 1 aromatic carbocycles. The number of carbonyl (C=O) groups is 1. The molecule has 2 heteroatoms. The minimum absolute atomic E-state index is 0.0508. The second-order valence-electron chi connectivity index (χ2n) is 5.62. The van der Waals surface area contributed by atoms with Crippen LogP contribution in [0, 0.1) is 0 Å². The average Bonchev–Trinajstić information content (AvgIpc) is 3.05. The molecule has 2 nitrogen and oxygen atoms in total. The molecule has 1 atom stereocenters. The number of hydrogen-bond acceptors (Lipinski definition) is 2. The Hall–Kier alpha value is -1.31. The summed E-state index contributed by atoms with van der Waals surface area (Å²) < 4.78 is 5.73. The van der Waals surface area contributed by atoms with Crippen LogP contribution in [0.4, 0.5) is 0 Å². The first-order valence-corrected chi connectivity index (χ1v) is 6.45. The minimum Gasteiger partial charge on any atom is -0.490 e. The normalized spacial score (nSPS) is 28.4. The lowest BCUT2D eigenvalue weighted by Gasteiger charge is -2.23. The molecule has 0 spiro atoms. The smallest absolute Gasteiger partial charge is 0.133 e. The van der Waals surface area contributed by atoms with Crippen LogP contribution in [0.1, 0.15) is 44.6 Å². The molecule has 0 aliphatic heterocycles. The molecule has 2 aliphatic rings. The fourth-order valence-corrected chi connectivity index (χ4v) is 2.59. The molecule has 0 saturated heterocycles. The first-order valence-electron chi connectivity index (χ1n) is 6.45. The van der Waals surface area contributed by atoms with E-state index in [-0.39, 0.29) is 5.41 Å². The molecular weight excluding hydrogens is 212 g/mol. The van der Waals surface area contributed by atoms with Crippen molar-refractivity contribution in [3.63, 3.8) is 0 Å². The molecule has 1 aromatic rings. The highest BCUT2D eigenvalue weighted by Crippen LogP contribution is 2.39. The van der Waals surface area contributed by atoms with Crippen molar-refractivity contribution >= 4 is 5.78 Å². The lowest BCUT2D eigenvalue weighted by molar-refractivity contribution is -0.117. The maximum Gasteiger partial charge on any atom is 0.133 e. The highest BCUT2D eigenvalue weighted by molar-refractivity contribution is 5.82. The van der Waals surface area contributed by atoms with E-state index < -0.39 is 0 Å². The van der Waals surface area contributed by atoms with Crippen LogP contribution >= 0.6 is 0 Å². The summed E-state index contributed by atoms with van der Waals surface area (Å²) in [5.41, 5.74) is 1.32. The van der Waals surface area contributed by atoms with Crippen molar-refractivity contribution in [2.75, 3.05) is 0 Å². The summed E-state index contributed by atoms with van der Waals surface area (Å²) in [5.74, 6) is 1.36. The van der Waals surface area contributed by atoms with Crippen LogP contribution in [0.2, 0.25) is 0 Å².